The lowest BCUT2D eigenvalue weighted by Crippen LogP contribution is -2.27. The Morgan fingerprint density at radius 3 is 2.23 bits per heavy atom. The summed E-state index contributed by atoms with van der Waals surface area (Å²) in [6.07, 6.45) is 1.19. The van der Waals surface area contributed by atoms with E-state index in [1.54, 1.807) is 24.3 Å². The second kappa shape index (κ2) is 7.21. The zero-order chi connectivity index (χ0) is 16.2. The van der Waals surface area contributed by atoms with E-state index in [-0.39, 0.29) is 0 Å². The van der Waals surface area contributed by atoms with E-state index in [1.165, 1.54) is 6.26 Å². The van der Waals surface area contributed by atoms with Crippen LogP contribution in [0.4, 0.5) is 5.69 Å². The van der Waals surface area contributed by atoms with Crippen molar-refractivity contribution < 1.29 is 8.42 Å². The first-order valence-corrected chi connectivity index (χ1v) is 9.53. The van der Waals surface area contributed by atoms with Crippen LogP contribution in [0.25, 0.3) is 0 Å². The minimum atomic E-state index is -3.16. The van der Waals surface area contributed by atoms with E-state index in [0.29, 0.717) is 16.6 Å². The molecule has 0 aliphatic carbocycles. The van der Waals surface area contributed by atoms with Crippen LogP contribution in [0.3, 0.4) is 0 Å². The Balaban J connectivity index is 1.89. The van der Waals surface area contributed by atoms with E-state index in [0.717, 1.165) is 15.7 Å². The molecule has 116 valence electrons. The number of hydrogen-bond donors (Lipinski definition) is 2. The van der Waals surface area contributed by atoms with Crippen LogP contribution in [0.5, 0.6) is 0 Å². The average Bonchev–Trinajstić information content (AvgIpc) is 2.47. The third-order valence-electron chi connectivity index (χ3n) is 2.91. The smallest absolute Gasteiger partial charge is 0.175 e. The molecule has 0 aliphatic rings. The van der Waals surface area contributed by atoms with Crippen molar-refractivity contribution in [3.05, 3.63) is 58.6 Å². The van der Waals surface area contributed by atoms with E-state index < -0.39 is 9.84 Å². The molecular weight excluding hydrogens is 384 g/mol. The maximum Gasteiger partial charge on any atom is 0.175 e. The highest BCUT2D eigenvalue weighted by Crippen LogP contribution is 2.14. The van der Waals surface area contributed by atoms with Crippen LogP contribution >= 0.6 is 28.1 Å². The van der Waals surface area contributed by atoms with Crippen LogP contribution in [0.2, 0.25) is 0 Å². The molecule has 0 fully saturated rings. The van der Waals surface area contributed by atoms with Crippen LogP contribution in [-0.4, -0.2) is 19.8 Å². The van der Waals surface area contributed by atoms with Crippen LogP contribution in [0.15, 0.2) is 57.9 Å². The molecule has 2 aromatic carbocycles. The molecule has 0 saturated carbocycles. The summed E-state index contributed by atoms with van der Waals surface area (Å²) in [7, 11) is -3.16. The Morgan fingerprint density at radius 1 is 1.09 bits per heavy atom. The van der Waals surface area contributed by atoms with Gasteiger partial charge in [0.25, 0.3) is 0 Å². The number of rotatable bonds is 4. The van der Waals surface area contributed by atoms with Gasteiger partial charge in [0.15, 0.2) is 14.9 Å². The summed E-state index contributed by atoms with van der Waals surface area (Å²) >= 11 is 8.60. The van der Waals surface area contributed by atoms with Gasteiger partial charge in [0.05, 0.1) is 4.90 Å². The molecule has 0 unspecified atom stereocenters. The summed E-state index contributed by atoms with van der Waals surface area (Å²) in [5.74, 6) is 0. The summed E-state index contributed by atoms with van der Waals surface area (Å²) in [4.78, 5) is 0.312. The van der Waals surface area contributed by atoms with E-state index in [4.69, 9.17) is 12.2 Å². The Kier molecular flexibility index (Phi) is 5.55. The molecule has 0 spiro atoms. The van der Waals surface area contributed by atoms with Gasteiger partial charge in [0, 0.05) is 23.0 Å². The number of benzene rings is 2. The van der Waals surface area contributed by atoms with Crippen molar-refractivity contribution in [1.29, 1.82) is 0 Å². The predicted octanol–water partition coefficient (Wildman–Crippen LogP) is 3.34. The topological polar surface area (TPSA) is 58.2 Å². The fourth-order valence-corrected chi connectivity index (χ4v) is 2.83. The standard InChI is InChI=1S/C15H15BrN2O2S2/c1-22(19,20)14-8-2-11(3-9-14)10-17-15(21)18-13-6-4-12(16)5-7-13/h2-9H,10H2,1H3,(H2,17,18,21). The lowest BCUT2D eigenvalue weighted by molar-refractivity contribution is 0.602. The minimum Gasteiger partial charge on any atom is -0.358 e. The van der Waals surface area contributed by atoms with Gasteiger partial charge in [0.2, 0.25) is 0 Å². The van der Waals surface area contributed by atoms with Crippen molar-refractivity contribution in [3.63, 3.8) is 0 Å². The van der Waals surface area contributed by atoms with Crippen LogP contribution in [-0.2, 0) is 16.4 Å². The molecule has 0 atom stereocenters. The molecule has 0 amide bonds. The van der Waals surface area contributed by atoms with Crippen molar-refractivity contribution in [3.8, 4) is 0 Å². The zero-order valence-corrected chi connectivity index (χ0v) is 15.1. The third-order valence-corrected chi connectivity index (χ3v) is 4.81. The second-order valence-electron chi connectivity index (χ2n) is 4.73. The molecule has 0 radical (unpaired) electrons. The average molecular weight is 399 g/mol. The Morgan fingerprint density at radius 2 is 1.68 bits per heavy atom. The quantitative estimate of drug-likeness (QED) is 0.773. The lowest BCUT2D eigenvalue weighted by atomic mass is 10.2. The normalized spacial score (nSPS) is 11.0. The molecule has 2 N–H and O–H groups in total. The highest BCUT2D eigenvalue weighted by atomic mass is 79.9. The Hall–Kier alpha value is -1.44. The Labute approximate surface area is 144 Å². The van der Waals surface area contributed by atoms with Crippen molar-refractivity contribution in [2.45, 2.75) is 11.4 Å². The fraction of sp³-hybridized carbons (Fsp3) is 0.133. The largest absolute Gasteiger partial charge is 0.358 e. The van der Waals surface area contributed by atoms with Crippen molar-refractivity contribution >= 4 is 48.8 Å². The SMILES string of the molecule is CS(=O)(=O)c1ccc(CNC(=S)Nc2ccc(Br)cc2)cc1. The molecule has 0 aromatic heterocycles. The van der Waals surface area contributed by atoms with Gasteiger partial charge in [-0.2, -0.15) is 0 Å². The summed E-state index contributed by atoms with van der Waals surface area (Å²) in [6.45, 7) is 0.520. The maximum absolute atomic E-state index is 11.4. The van der Waals surface area contributed by atoms with Gasteiger partial charge >= 0.3 is 0 Å². The summed E-state index contributed by atoms with van der Waals surface area (Å²) in [6, 6.07) is 14.4. The number of hydrogen-bond acceptors (Lipinski definition) is 3. The van der Waals surface area contributed by atoms with Crippen LogP contribution in [0, 0.1) is 0 Å². The first-order valence-electron chi connectivity index (χ1n) is 6.44. The van der Waals surface area contributed by atoms with Crippen LogP contribution < -0.4 is 10.6 Å². The van der Waals surface area contributed by atoms with Gasteiger partial charge in [-0.25, -0.2) is 8.42 Å². The van der Waals surface area contributed by atoms with Crippen molar-refractivity contribution in [1.82, 2.24) is 5.32 Å². The number of nitrogens with one attached hydrogen (secondary N) is 2. The summed E-state index contributed by atoms with van der Waals surface area (Å²) < 4.78 is 23.8. The van der Waals surface area contributed by atoms with Crippen molar-refractivity contribution in [2.75, 3.05) is 11.6 Å². The minimum absolute atomic E-state index is 0.312. The van der Waals surface area contributed by atoms with E-state index in [1.807, 2.05) is 24.3 Å². The van der Waals surface area contributed by atoms with Gasteiger partial charge in [-0.1, -0.05) is 28.1 Å². The van der Waals surface area contributed by atoms with Crippen molar-refractivity contribution in [2.24, 2.45) is 0 Å². The van der Waals surface area contributed by atoms with Gasteiger partial charge in [-0.3, -0.25) is 0 Å². The lowest BCUT2D eigenvalue weighted by Gasteiger charge is -2.11. The monoisotopic (exact) mass is 398 g/mol. The zero-order valence-electron chi connectivity index (χ0n) is 11.8. The Bertz CT molecular complexity index is 757. The summed E-state index contributed by atoms with van der Waals surface area (Å²) in [5, 5.41) is 6.67. The number of anilines is 1. The van der Waals surface area contributed by atoms with Gasteiger partial charge in [0.1, 0.15) is 0 Å². The molecule has 2 rings (SSSR count). The molecule has 0 saturated heterocycles. The van der Waals surface area contributed by atoms with E-state index >= 15 is 0 Å². The fourth-order valence-electron chi connectivity index (χ4n) is 1.75. The molecule has 0 heterocycles. The first kappa shape index (κ1) is 16.9. The maximum atomic E-state index is 11.4. The van der Waals surface area contributed by atoms with Gasteiger partial charge in [-0.15, -0.1) is 0 Å². The molecule has 0 aliphatic heterocycles. The predicted molar refractivity (Wildman–Crippen MR) is 96.8 cm³/mol. The molecule has 22 heavy (non-hydrogen) atoms. The van der Waals surface area contributed by atoms with E-state index in [9.17, 15) is 8.42 Å². The highest BCUT2D eigenvalue weighted by molar-refractivity contribution is 9.10. The molecule has 0 bridgehead atoms. The molecule has 2 aromatic rings. The third kappa shape index (κ3) is 5.08. The van der Waals surface area contributed by atoms with E-state index in [2.05, 4.69) is 26.6 Å². The number of sulfone groups is 1. The second-order valence-corrected chi connectivity index (χ2v) is 8.07. The molecule has 7 heteroatoms. The highest BCUT2D eigenvalue weighted by Gasteiger charge is 2.06. The molecular formula is C15H15BrN2O2S2. The van der Waals surface area contributed by atoms with Gasteiger partial charge in [-0.05, 0) is 54.2 Å². The molecule has 4 nitrogen and oxygen atoms in total. The number of thiocarbonyl (C=S) groups is 1. The first-order chi connectivity index (χ1) is 10.3. The number of halogens is 1. The van der Waals surface area contributed by atoms with Crippen LogP contribution in [0.1, 0.15) is 5.56 Å². The van der Waals surface area contributed by atoms with Gasteiger partial charge < -0.3 is 10.6 Å². The summed E-state index contributed by atoms with van der Waals surface area (Å²) in [5.41, 5.74) is 1.85.